The molecule has 0 N–H and O–H groups in total. The van der Waals surface area contributed by atoms with Crippen molar-refractivity contribution in [2.75, 3.05) is 69.9 Å². The number of amides is 1. The number of carbonyl (C=O) groups excluding carboxylic acids is 1. The van der Waals surface area contributed by atoms with E-state index in [0.717, 1.165) is 36.6 Å². The molecular formula is C36H44FN7O3. The van der Waals surface area contributed by atoms with E-state index in [1.165, 1.54) is 26.9 Å². The van der Waals surface area contributed by atoms with Gasteiger partial charge in [0.15, 0.2) is 5.83 Å². The van der Waals surface area contributed by atoms with E-state index >= 15 is 0 Å². The number of likely N-dealkylation sites (N-methyl/N-ethyl adjacent to an activating group) is 1. The lowest BCUT2D eigenvalue weighted by Crippen LogP contribution is -2.55. The summed E-state index contributed by atoms with van der Waals surface area (Å²) in [6.45, 7) is 12.0. The lowest BCUT2D eigenvalue weighted by molar-refractivity contribution is -0.131. The van der Waals surface area contributed by atoms with Crippen LogP contribution in [0.25, 0.3) is 10.8 Å². The second kappa shape index (κ2) is 13.5. The molecule has 0 aliphatic carbocycles. The molecule has 3 aliphatic rings. The highest BCUT2D eigenvalue weighted by molar-refractivity contribution is 5.97. The van der Waals surface area contributed by atoms with Crippen LogP contribution in [0.1, 0.15) is 36.6 Å². The summed E-state index contributed by atoms with van der Waals surface area (Å²) in [6, 6.07) is 14.8. The minimum absolute atomic E-state index is 0.0753. The number of anilines is 2. The number of benzene rings is 2. The molecule has 2 aromatic carbocycles. The van der Waals surface area contributed by atoms with Crippen molar-refractivity contribution >= 4 is 28.2 Å². The van der Waals surface area contributed by atoms with Gasteiger partial charge < -0.3 is 24.2 Å². The number of methoxy groups -OCH3 is 1. The van der Waals surface area contributed by atoms with Gasteiger partial charge in [0.25, 0.3) is 5.91 Å². The highest BCUT2D eigenvalue weighted by Crippen LogP contribution is 2.37. The van der Waals surface area contributed by atoms with Gasteiger partial charge in [-0.15, -0.1) is 0 Å². The van der Waals surface area contributed by atoms with Crippen molar-refractivity contribution in [1.29, 1.82) is 5.26 Å². The Morgan fingerprint density at radius 1 is 1.15 bits per heavy atom. The summed E-state index contributed by atoms with van der Waals surface area (Å²) in [6.07, 6.45) is 1.81. The molecular weight excluding hydrogens is 597 g/mol. The summed E-state index contributed by atoms with van der Waals surface area (Å²) < 4.78 is 25.9. The summed E-state index contributed by atoms with van der Waals surface area (Å²) >= 11 is 0. The van der Waals surface area contributed by atoms with Crippen molar-refractivity contribution in [1.82, 2.24) is 19.8 Å². The highest BCUT2D eigenvalue weighted by Gasteiger charge is 2.44. The van der Waals surface area contributed by atoms with E-state index in [1.807, 2.05) is 0 Å². The van der Waals surface area contributed by atoms with E-state index in [0.29, 0.717) is 51.2 Å². The molecule has 2 fully saturated rings. The number of likely N-dealkylation sites (tertiary alicyclic amines) is 1. The summed E-state index contributed by atoms with van der Waals surface area (Å²) in [5.74, 6) is -0.717. The van der Waals surface area contributed by atoms with Crippen molar-refractivity contribution in [2.24, 2.45) is 5.92 Å². The van der Waals surface area contributed by atoms with Crippen LogP contribution in [0.3, 0.4) is 0 Å². The number of hydrogen-bond donors (Lipinski definition) is 0. The molecule has 47 heavy (non-hydrogen) atoms. The monoisotopic (exact) mass is 641 g/mol. The predicted molar refractivity (Wildman–Crippen MR) is 180 cm³/mol. The van der Waals surface area contributed by atoms with E-state index in [4.69, 9.17) is 19.4 Å². The quantitative estimate of drug-likeness (QED) is 0.309. The maximum atomic E-state index is 13.9. The fourth-order valence-electron chi connectivity index (χ4n) is 7.57. The number of ether oxygens (including phenoxy) is 2. The number of aryl methyl sites for hydroxylation is 1. The summed E-state index contributed by atoms with van der Waals surface area (Å²) in [4.78, 5) is 30.9. The van der Waals surface area contributed by atoms with Gasteiger partial charge in [0.2, 0.25) is 0 Å². The second-order valence-electron chi connectivity index (χ2n) is 13.3. The lowest BCUT2D eigenvalue weighted by atomic mass is 9.88. The third-order valence-corrected chi connectivity index (χ3v) is 10.5. The number of nitrogens with zero attached hydrogens (tertiary/aromatic N) is 7. The van der Waals surface area contributed by atoms with Gasteiger partial charge in [0, 0.05) is 55.8 Å². The van der Waals surface area contributed by atoms with Crippen LogP contribution in [0.2, 0.25) is 0 Å². The van der Waals surface area contributed by atoms with Gasteiger partial charge in [-0.25, -0.2) is 4.39 Å². The molecule has 0 saturated carbocycles. The van der Waals surface area contributed by atoms with Crippen LogP contribution in [-0.4, -0.2) is 97.4 Å². The zero-order valence-corrected chi connectivity index (χ0v) is 27.8. The van der Waals surface area contributed by atoms with Crippen LogP contribution in [0.4, 0.5) is 15.9 Å². The summed E-state index contributed by atoms with van der Waals surface area (Å²) in [7, 11) is 3.85. The van der Waals surface area contributed by atoms with Crippen LogP contribution in [0.5, 0.6) is 6.01 Å². The highest BCUT2D eigenvalue weighted by atomic mass is 19.1. The zero-order valence-electron chi connectivity index (χ0n) is 27.8. The van der Waals surface area contributed by atoms with Crippen LogP contribution >= 0.6 is 0 Å². The van der Waals surface area contributed by atoms with Crippen LogP contribution in [-0.2, 0) is 22.5 Å². The number of piperazine rings is 1. The van der Waals surface area contributed by atoms with Crippen molar-refractivity contribution < 1.29 is 18.7 Å². The van der Waals surface area contributed by atoms with Crippen LogP contribution in [0, 0.1) is 24.2 Å². The Morgan fingerprint density at radius 3 is 2.68 bits per heavy atom. The third-order valence-electron chi connectivity index (χ3n) is 10.5. The summed E-state index contributed by atoms with van der Waals surface area (Å²) in [5.41, 5.74) is 4.08. The molecule has 248 valence electrons. The number of fused-ring (bicyclic) bond motifs is 2. The average molecular weight is 642 g/mol. The van der Waals surface area contributed by atoms with E-state index in [-0.39, 0.29) is 18.5 Å². The fraction of sp³-hybridized carbons (Fsp3) is 0.500. The SMILES string of the molecule is C=C(F)C(=O)N1CCN(c2nc(OCC3(C)[C@@H](COC)CCN3C)nc3c2CCN(c2cccc4cccc(C)c24)C3)C[C@@H]1CC#N. The fourth-order valence-corrected chi connectivity index (χ4v) is 7.57. The molecule has 1 unspecified atom stereocenters. The molecule has 2 saturated heterocycles. The number of hydrogen-bond acceptors (Lipinski definition) is 9. The van der Waals surface area contributed by atoms with Crippen molar-refractivity contribution in [3.05, 3.63) is 65.6 Å². The molecule has 11 heteroatoms. The Kier molecular flexibility index (Phi) is 9.35. The average Bonchev–Trinajstić information content (AvgIpc) is 3.35. The Bertz CT molecular complexity index is 1700. The largest absolute Gasteiger partial charge is 0.461 e. The predicted octanol–water partition coefficient (Wildman–Crippen LogP) is 4.65. The number of rotatable bonds is 9. The maximum absolute atomic E-state index is 13.9. The van der Waals surface area contributed by atoms with E-state index < -0.39 is 17.8 Å². The van der Waals surface area contributed by atoms with Crippen molar-refractivity contribution in [3.8, 4) is 12.1 Å². The maximum Gasteiger partial charge on any atom is 0.318 e. The normalized spacial score (nSPS) is 23.1. The smallest absolute Gasteiger partial charge is 0.318 e. The first-order valence-electron chi connectivity index (χ1n) is 16.4. The molecule has 3 aliphatic heterocycles. The Labute approximate surface area is 276 Å². The van der Waals surface area contributed by atoms with Gasteiger partial charge in [0.05, 0.1) is 42.9 Å². The van der Waals surface area contributed by atoms with Crippen LogP contribution in [0.15, 0.2) is 48.8 Å². The minimum atomic E-state index is -1.02. The van der Waals surface area contributed by atoms with Crippen LogP contribution < -0.4 is 14.5 Å². The number of aromatic nitrogens is 2. The molecule has 1 amide bonds. The van der Waals surface area contributed by atoms with Crippen molar-refractivity contribution in [3.63, 3.8) is 0 Å². The molecule has 0 radical (unpaired) electrons. The van der Waals surface area contributed by atoms with Gasteiger partial charge in [-0.1, -0.05) is 36.9 Å². The van der Waals surface area contributed by atoms with E-state index in [9.17, 15) is 14.4 Å². The minimum Gasteiger partial charge on any atom is -0.461 e. The molecule has 1 aromatic heterocycles. The zero-order chi connectivity index (χ0) is 33.3. The van der Waals surface area contributed by atoms with Gasteiger partial charge in [-0.05, 0) is 57.3 Å². The van der Waals surface area contributed by atoms with Gasteiger partial charge in [-0.3, -0.25) is 9.69 Å². The number of carbonyl (C=O) groups is 1. The Hall–Kier alpha value is -4.27. The second-order valence-corrected chi connectivity index (χ2v) is 13.3. The Balaban J connectivity index is 1.35. The first-order valence-corrected chi connectivity index (χ1v) is 16.4. The van der Waals surface area contributed by atoms with E-state index in [2.05, 4.69) is 84.6 Å². The molecule has 6 rings (SSSR count). The first kappa shape index (κ1) is 32.7. The lowest BCUT2D eigenvalue weighted by Gasteiger charge is -2.42. The number of nitriles is 1. The molecule has 10 nitrogen and oxygen atoms in total. The van der Waals surface area contributed by atoms with E-state index in [1.54, 1.807) is 7.11 Å². The molecule has 0 spiro atoms. The topological polar surface area (TPSA) is 98.1 Å². The Morgan fingerprint density at radius 2 is 1.94 bits per heavy atom. The van der Waals surface area contributed by atoms with Crippen molar-refractivity contribution in [2.45, 2.75) is 51.2 Å². The van der Waals surface area contributed by atoms with Gasteiger partial charge in [-0.2, -0.15) is 15.2 Å². The van der Waals surface area contributed by atoms with Gasteiger partial charge >= 0.3 is 6.01 Å². The molecule has 3 atom stereocenters. The molecule has 4 heterocycles. The standard InChI is InChI=1S/C36H44FN7O3/c1-24-8-6-9-26-10-7-11-31(32(24)26)42-17-14-29-30(21-42)39-35(47-23-36(3)27(22-46-5)13-16-41(36)4)40-33(29)43-18-19-44(34(45)25(2)37)28(20-43)12-15-38/h6-11,27-28H,2,12-14,16-23H2,1,3-5H3/t27-,28+,36?/m1/s1. The molecule has 0 bridgehead atoms. The third kappa shape index (κ3) is 6.24. The summed E-state index contributed by atoms with van der Waals surface area (Å²) in [5, 5.41) is 12.0. The van der Waals surface area contributed by atoms with Gasteiger partial charge in [0.1, 0.15) is 12.4 Å². The molecule has 3 aromatic rings. The number of halogens is 1. The first-order chi connectivity index (χ1) is 22.6.